The van der Waals surface area contributed by atoms with Gasteiger partial charge in [-0.1, -0.05) is 0 Å². The number of nitrogens with zero attached hydrogens (tertiary/aromatic N) is 2. The van der Waals surface area contributed by atoms with Crippen LogP contribution in [0.15, 0.2) is 0 Å². The number of nitrogens with two attached hydrogens (primary N) is 1. The number of carbonyl (C=O) groups excluding carboxylic acids is 1. The van der Waals surface area contributed by atoms with Crippen molar-refractivity contribution < 1.29 is 33.2 Å². The highest BCUT2D eigenvalue weighted by atomic mass is 16.6. The molecule has 1 fully saturated rings. The summed E-state index contributed by atoms with van der Waals surface area (Å²) in [6.45, 7) is 15.7. The van der Waals surface area contributed by atoms with Gasteiger partial charge in [-0.05, 0) is 20.8 Å². The van der Waals surface area contributed by atoms with Gasteiger partial charge >= 0.3 is 6.09 Å². The Morgan fingerprint density at radius 1 is 0.710 bits per heavy atom. The van der Waals surface area contributed by atoms with Gasteiger partial charge in [-0.3, -0.25) is 4.90 Å². The minimum Gasteiger partial charge on any atom is -0.444 e. The Kier molecular flexibility index (Phi) is 15.9. The van der Waals surface area contributed by atoms with Crippen LogP contribution in [0.25, 0.3) is 0 Å². The van der Waals surface area contributed by atoms with Gasteiger partial charge in [0.25, 0.3) is 0 Å². The first-order chi connectivity index (χ1) is 14.9. The molecule has 0 aromatic heterocycles. The van der Waals surface area contributed by atoms with Gasteiger partial charge in [0.1, 0.15) is 5.60 Å². The molecule has 0 spiro atoms. The lowest BCUT2D eigenvalue weighted by Gasteiger charge is -2.35. The normalized spacial score (nSPS) is 15.4. The largest absolute Gasteiger partial charge is 0.444 e. The molecule has 2 N–H and O–H groups in total. The predicted octanol–water partition coefficient (Wildman–Crippen LogP) is 0.581. The fraction of sp³-hybridized carbons (Fsp3) is 0.952. The predicted molar refractivity (Wildman–Crippen MR) is 117 cm³/mol. The molecule has 0 bridgehead atoms. The van der Waals surface area contributed by atoms with Gasteiger partial charge in [0.05, 0.1) is 66.1 Å². The summed E-state index contributed by atoms with van der Waals surface area (Å²) in [5.41, 5.74) is 4.87. The number of amides is 1. The van der Waals surface area contributed by atoms with E-state index in [9.17, 15) is 4.79 Å². The lowest BCUT2D eigenvalue weighted by Crippen LogP contribution is -2.50. The standard InChI is InChI=1S/C21H43N3O7/c1-21(2,3)31-20(25)24-7-5-23(6-8-24)9-11-27-13-15-29-17-19-30-18-16-28-14-12-26-10-4-22/h4-19,22H2,1-3H3. The third-order valence-electron chi connectivity index (χ3n) is 4.33. The average Bonchev–Trinajstić information content (AvgIpc) is 2.72. The van der Waals surface area contributed by atoms with Crippen LogP contribution >= 0.6 is 0 Å². The fourth-order valence-corrected chi connectivity index (χ4v) is 2.74. The Morgan fingerprint density at radius 2 is 1.13 bits per heavy atom. The van der Waals surface area contributed by atoms with E-state index >= 15 is 0 Å². The average molecular weight is 450 g/mol. The zero-order valence-corrected chi connectivity index (χ0v) is 19.6. The highest BCUT2D eigenvalue weighted by Crippen LogP contribution is 2.11. The molecule has 184 valence electrons. The number of ether oxygens (including phenoxy) is 6. The van der Waals surface area contributed by atoms with Crippen LogP contribution in [-0.4, -0.2) is 127 Å². The Morgan fingerprint density at radius 3 is 1.55 bits per heavy atom. The Bertz CT molecular complexity index is 441. The van der Waals surface area contributed by atoms with Crippen LogP contribution < -0.4 is 5.73 Å². The van der Waals surface area contributed by atoms with Gasteiger partial charge in [0.2, 0.25) is 0 Å². The molecular weight excluding hydrogens is 406 g/mol. The van der Waals surface area contributed by atoms with E-state index in [0.717, 1.165) is 19.6 Å². The first-order valence-corrected chi connectivity index (χ1v) is 11.2. The highest BCUT2D eigenvalue weighted by molar-refractivity contribution is 5.68. The molecule has 31 heavy (non-hydrogen) atoms. The molecule has 1 rings (SSSR count). The molecule has 1 saturated heterocycles. The summed E-state index contributed by atoms with van der Waals surface area (Å²) < 4.78 is 32.5. The summed E-state index contributed by atoms with van der Waals surface area (Å²) in [6.07, 6.45) is -0.231. The first kappa shape index (κ1) is 28.0. The molecule has 10 nitrogen and oxygen atoms in total. The molecule has 0 saturated carbocycles. The van der Waals surface area contributed by atoms with E-state index in [1.165, 1.54) is 0 Å². The molecule has 0 radical (unpaired) electrons. The van der Waals surface area contributed by atoms with Crippen molar-refractivity contribution in [1.29, 1.82) is 0 Å². The smallest absolute Gasteiger partial charge is 0.410 e. The second kappa shape index (κ2) is 17.5. The third-order valence-corrected chi connectivity index (χ3v) is 4.33. The van der Waals surface area contributed by atoms with E-state index in [4.69, 9.17) is 34.2 Å². The van der Waals surface area contributed by atoms with Crippen LogP contribution in [0.3, 0.4) is 0 Å². The number of piperazine rings is 1. The second-order valence-corrected chi connectivity index (χ2v) is 8.16. The van der Waals surface area contributed by atoms with Gasteiger partial charge in [-0.15, -0.1) is 0 Å². The van der Waals surface area contributed by atoms with Crippen molar-refractivity contribution in [3.63, 3.8) is 0 Å². The van der Waals surface area contributed by atoms with Crippen LogP contribution in [-0.2, 0) is 28.4 Å². The minimum absolute atomic E-state index is 0.231. The van der Waals surface area contributed by atoms with Crippen molar-refractivity contribution in [1.82, 2.24) is 9.80 Å². The van der Waals surface area contributed by atoms with Crippen molar-refractivity contribution in [3.05, 3.63) is 0 Å². The maximum atomic E-state index is 12.1. The number of rotatable bonds is 17. The summed E-state index contributed by atoms with van der Waals surface area (Å²) in [4.78, 5) is 16.1. The van der Waals surface area contributed by atoms with Crippen LogP contribution in [0.5, 0.6) is 0 Å². The molecule has 10 heteroatoms. The molecule has 0 aliphatic carbocycles. The Hall–Kier alpha value is -1.01. The topological polar surface area (TPSA) is 105 Å². The summed E-state index contributed by atoms with van der Waals surface area (Å²) in [7, 11) is 0. The maximum absolute atomic E-state index is 12.1. The van der Waals surface area contributed by atoms with Gasteiger partial charge < -0.3 is 39.1 Å². The zero-order chi connectivity index (χ0) is 22.8. The molecular formula is C21H43N3O7. The summed E-state index contributed by atoms with van der Waals surface area (Å²) in [6, 6.07) is 0. The van der Waals surface area contributed by atoms with Crippen molar-refractivity contribution in [2.24, 2.45) is 5.73 Å². The molecule has 0 aromatic carbocycles. The SMILES string of the molecule is CC(C)(C)OC(=O)N1CCN(CCOCCOCCOCCOCCOCCN)CC1. The van der Waals surface area contributed by atoms with Crippen LogP contribution in [0, 0.1) is 0 Å². The number of carbonyl (C=O) groups is 1. The summed E-state index contributed by atoms with van der Waals surface area (Å²) in [5.74, 6) is 0. The van der Waals surface area contributed by atoms with Gasteiger partial charge in [0, 0.05) is 39.3 Å². The maximum Gasteiger partial charge on any atom is 0.410 e. The van der Waals surface area contributed by atoms with Crippen molar-refractivity contribution in [2.75, 3.05) is 105 Å². The number of hydrogen-bond acceptors (Lipinski definition) is 9. The van der Waals surface area contributed by atoms with Gasteiger partial charge in [0.15, 0.2) is 0 Å². The van der Waals surface area contributed by atoms with Crippen molar-refractivity contribution in [3.8, 4) is 0 Å². The molecule has 1 amide bonds. The Labute approximate surface area is 187 Å². The molecule has 0 unspecified atom stereocenters. The minimum atomic E-state index is -0.454. The molecule has 1 aliphatic heterocycles. The molecule has 1 heterocycles. The molecule has 0 aromatic rings. The van der Waals surface area contributed by atoms with Crippen molar-refractivity contribution >= 4 is 6.09 Å². The van der Waals surface area contributed by atoms with E-state index in [-0.39, 0.29) is 6.09 Å². The van der Waals surface area contributed by atoms with Crippen molar-refractivity contribution in [2.45, 2.75) is 26.4 Å². The van der Waals surface area contributed by atoms with E-state index in [1.807, 2.05) is 20.8 Å². The fourth-order valence-electron chi connectivity index (χ4n) is 2.74. The first-order valence-electron chi connectivity index (χ1n) is 11.2. The number of hydrogen-bond donors (Lipinski definition) is 1. The highest BCUT2D eigenvalue weighted by Gasteiger charge is 2.25. The molecule has 0 atom stereocenters. The van der Waals surface area contributed by atoms with E-state index < -0.39 is 5.60 Å². The van der Waals surface area contributed by atoms with E-state index in [0.29, 0.717) is 85.7 Å². The quantitative estimate of drug-likeness (QED) is 0.319. The lowest BCUT2D eigenvalue weighted by molar-refractivity contribution is -0.0133. The lowest BCUT2D eigenvalue weighted by atomic mass is 10.2. The van der Waals surface area contributed by atoms with Gasteiger partial charge in [-0.2, -0.15) is 0 Å². The summed E-state index contributed by atoms with van der Waals surface area (Å²) in [5, 5.41) is 0. The third kappa shape index (κ3) is 16.3. The van der Waals surface area contributed by atoms with Crippen LogP contribution in [0.4, 0.5) is 4.79 Å². The van der Waals surface area contributed by atoms with Crippen LogP contribution in [0.2, 0.25) is 0 Å². The molecule has 1 aliphatic rings. The zero-order valence-electron chi connectivity index (χ0n) is 19.6. The van der Waals surface area contributed by atoms with Crippen LogP contribution in [0.1, 0.15) is 20.8 Å². The second-order valence-electron chi connectivity index (χ2n) is 8.16. The summed E-state index contributed by atoms with van der Waals surface area (Å²) >= 11 is 0. The van der Waals surface area contributed by atoms with E-state index in [2.05, 4.69) is 4.90 Å². The Balaban J connectivity index is 1.83. The van der Waals surface area contributed by atoms with E-state index in [1.54, 1.807) is 4.90 Å². The van der Waals surface area contributed by atoms with Gasteiger partial charge in [-0.25, -0.2) is 4.79 Å². The monoisotopic (exact) mass is 449 g/mol.